The predicted octanol–water partition coefficient (Wildman–Crippen LogP) is 5.02. The van der Waals surface area contributed by atoms with Gasteiger partial charge in [-0.2, -0.15) is 13.2 Å². The van der Waals surface area contributed by atoms with Gasteiger partial charge in [-0.05, 0) is 42.2 Å². The molecule has 2 rings (SSSR count). The molecule has 0 saturated heterocycles. The quantitative estimate of drug-likeness (QED) is 0.819. The smallest absolute Gasteiger partial charge is 0.324 e. The average Bonchev–Trinajstić information content (AvgIpc) is 2.41. The first-order valence-electron chi connectivity index (χ1n) is 6.45. The van der Waals surface area contributed by atoms with Crippen LogP contribution in [-0.2, 0) is 12.6 Å². The molecule has 1 nitrogen and oxygen atoms in total. The summed E-state index contributed by atoms with van der Waals surface area (Å²) in [5.74, 6) is 0. The summed E-state index contributed by atoms with van der Waals surface area (Å²) in [7, 11) is 0. The Morgan fingerprint density at radius 3 is 2.48 bits per heavy atom. The maximum Gasteiger partial charge on any atom is 0.416 e. The Bertz CT molecular complexity index is 638. The molecular formula is C16H15BrF3N. The summed E-state index contributed by atoms with van der Waals surface area (Å²) in [6, 6.07) is 10.7. The molecule has 2 aromatic rings. The van der Waals surface area contributed by atoms with Gasteiger partial charge in [0.25, 0.3) is 0 Å². The normalized spacial score (nSPS) is 13.2. The van der Waals surface area contributed by atoms with E-state index in [9.17, 15) is 13.2 Å². The van der Waals surface area contributed by atoms with Crippen LogP contribution in [0.5, 0.6) is 0 Å². The second kappa shape index (κ2) is 6.20. The standard InChI is InChI=1S/C16H15BrF3N/c1-10-5-6-12(9-14(10)17)15(21)8-11-3-2-4-13(7-11)16(18,19)20/h2-7,9,15H,8,21H2,1H3. The van der Waals surface area contributed by atoms with E-state index in [2.05, 4.69) is 15.9 Å². The lowest BCUT2D eigenvalue weighted by molar-refractivity contribution is -0.137. The number of hydrogen-bond donors (Lipinski definition) is 1. The highest BCUT2D eigenvalue weighted by molar-refractivity contribution is 9.10. The number of aryl methyl sites for hydroxylation is 1. The Balaban J connectivity index is 2.19. The first-order chi connectivity index (χ1) is 9.77. The Kier molecular flexibility index (Phi) is 4.74. The van der Waals surface area contributed by atoms with Crippen LogP contribution in [0.2, 0.25) is 0 Å². The summed E-state index contributed by atoms with van der Waals surface area (Å²) in [4.78, 5) is 0. The topological polar surface area (TPSA) is 26.0 Å². The van der Waals surface area contributed by atoms with E-state index < -0.39 is 11.7 Å². The fraction of sp³-hybridized carbons (Fsp3) is 0.250. The van der Waals surface area contributed by atoms with Crippen LogP contribution in [0, 0.1) is 6.92 Å². The molecule has 2 aromatic carbocycles. The van der Waals surface area contributed by atoms with Crippen LogP contribution in [0.15, 0.2) is 46.9 Å². The number of alkyl halides is 3. The molecule has 2 N–H and O–H groups in total. The summed E-state index contributed by atoms with van der Waals surface area (Å²) in [5, 5.41) is 0. The fourth-order valence-electron chi connectivity index (χ4n) is 2.09. The molecule has 0 radical (unpaired) electrons. The molecule has 112 valence electrons. The SMILES string of the molecule is Cc1ccc(C(N)Cc2cccc(C(F)(F)F)c2)cc1Br. The van der Waals surface area contributed by atoms with Gasteiger partial charge in [-0.3, -0.25) is 0 Å². The molecule has 0 aliphatic heterocycles. The maximum atomic E-state index is 12.7. The molecule has 0 bridgehead atoms. The maximum absolute atomic E-state index is 12.7. The van der Waals surface area contributed by atoms with Gasteiger partial charge in [0.2, 0.25) is 0 Å². The Hall–Kier alpha value is -1.33. The van der Waals surface area contributed by atoms with Gasteiger partial charge >= 0.3 is 6.18 Å². The van der Waals surface area contributed by atoms with Crippen molar-refractivity contribution in [1.82, 2.24) is 0 Å². The summed E-state index contributed by atoms with van der Waals surface area (Å²) < 4.78 is 39.0. The first kappa shape index (κ1) is 16.0. The van der Waals surface area contributed by atoms with Crippen LogP contribution < -0.4 is 5.73 Å². The van der Waals surface area contributed by atoms with Crippen LogP contribution in [0.25, 0.3) is 0 Å². The largest absolute Gasteiger partial charge is 0.416 e. The summed E-state index contributed by atoms with van der Waals surface area (Å²) in [6.45, 7) is 1.96. The first-order valence-corrected chi connectivity index (χ1v) is 7.24. The minimum absolute atomic E-state index is 0.342. The Labute approximate surface area is 130 Å². The van der Waals surface area contributed by atoms with E-state index in [0.29, 0.717) is 12.0 Å². The molecule has 0 aliphatic rings. The minimum atomic E-state index is -4.33. The van der Waals surface area contributed by atoms with Crippen LogP contribution in [0.3, 0.4) is 0 Å². The zero-order chi connectivity index (χ0) is 15.6. The highest BCUT2D eigenvalue weighted by Crippen LogP contribution is 2.30. The third kappa shape index (κ3) is 4.08. The number of benzene rings is 2. The minimum Gasteiger partial charge on any atom is -0.324 e. The average molecular weight is 358 g/mol. The van der Waals surface area contributed by atoms with Crippen molar-refractivity contribution in [3.8, 4) is 0 Å². The zero-order valence-corrected chi connectivity index (χ0v) is 13.0. The number of hydrogen-bond acceptors (Lipinski definition) is 1. The van der Waals surface area contributed by atoms with E-state index in [1.54, 1.807) is 6.07 Å². The summed E-state index contributed by atoms with van der Waals surface area (Å²) >= 11 is 3.43. The predicted molar refractivity (Wildman–Crippen MR) is 81.0 cm³/mol. The van der Waals surface area contributed by atoms with Crippen molar-refractivity contribution in [3.05, 3.63) is 69.2 Å². The lowest BCUT2D eigenvalue weighted by atomic mass is 9.98. The van der Waals surface area contributed by atoms with Gasteiger partial charge in [0.1, 0.15) is 0 Å². The van der Waals surface area contributed by atoms with Gasteiger partial charge in [0, 0.05) is 10.5 Å². The van der Waals surface area contributed by atoms with Crippen LogP contribution >= 0.6 is 15.9 Å². The van der Waals surface area contributed by atoms with E-state index in [-0.39, 0.29) is 6.04 Å². The van der Waals surface area contributed by atoms with E-state index >= 15 is 0 Å². The van der Waals surface area contributed by atoms with Crippen molar-refractivity contribution >= 4 is 15.9 Å². The second-order valence-electron chi connectivity index (χ2n) is 5.02. The molecule has 5 heteroatoms. The van der Waals surface area contributed by atoms with Crippen molar-refractivity contribution in [1.29, 1.82) is 0 Å². The van der Waals surface area contributed by atoms with Gasteiger partial charge in [-0.25, -0.2) is 0 Å². The van der Waals surface area contributed by atoms with Gasteiger partial charge in [0.15, 0.2) is 0 Å². The second-order valence-corrected chi connectivity index (χ2v) is 5.87. The third-order valence-electron chi connectivity index (χ3n) is 3.33. The summed E-state index contributed by atoms with van der Waals surface area (Å²) in [5.41, 5.74) is 8.02. The van der Waals surface area contributed by atoms with Gasteiger partial charge in [-0.1, -0.05) is 46.3 Å². The molecule has 1 atom stereocenters. The molecule has 0 fully saturated rings. The lowest BCUT2D eigenvalue weighted by Crippen LogP contribution is -2.14. The fourth-order valence-corrected chi connectivity index (χ4v) is 2.48. The van der Waals surface area contributed by atoms with Crippen LogP contribution in [0.4, 0.5) is 13.2 Å². The van der Waals surface area contributed by atoms with E-state index in [1.807, 2.05) is 25.1 Å². The highest BCUT2D eigenvalue weighted by Gasteiger charge is 2.30. The van der Waals surface area contributed by atoms with Crippen LogP contribution in [0.1, 0.15) is 28.3 Å². The van der Waals surface area contributed by atoms with Crippen molar-refractivity contribution in [2.24, 2.45) is 5.73 Å². The number of halogens is 4. The highest BCUT2D eigenvalue weighted by atomic mass is 79.9. The van der Waals surface area contributed by atoms with E-state index in [1.165, 1.54) is 6.07 Å². The van der Waals surface area contributed by atoms with E-state index in [4.69, 9.17) is 5.73 Å². The van der Waals surface area contributed by atoms with Gasteiger partial charge < -0.3 is 5.73 Å². The zero-order valence-electron chi connectivity index (χ0n) is 11.4. The molecule has 0 saturated carbocycles. The molecule has 0 aromatic heterocycles. The Morgan fingerprint density at radius 2 is 1.86 bits per heavy atom. The number of nitrogens with two attached hydrogens (primary N) is 1. The van der Waals surface area contributed by atoms with Gasteiger partial charge in [-0.15, -0.1) is 0 Å². The molecule has 0 spiro atoms. The lowest BCUT2D eigenvalue weighted by Gasteiger charge is -2.15. The number of rotatable bonds is 3. The van der Waals surface area contributed by atoms with Crippen molar-refractivity contribution < 1.29 is 13.2 Å². The molecule has 0 aliphatic carbocycles. The Morgan fingerprint density at radius 1 is 1.14 bits per heavy atom. The summed E-state index contributed by atoms with van der Waals surface area (Å²) in [6.07, 6.45) is -3.97. The van der Waals surface area contributed by atoms with Crippen molar-refractivity contribution in [3.63, 3.8) is 0 Å². The molecule has 1 unspecified atom stereocenters. The molecule has 21 heavy (non-hydrogen) atoms. The third-order valence-corrected chi connectivity index (χ3v) is 4.19. The van der Waals surface area contributed by atoms with Crippen LogP contribution in [-0.4, -0.2) is 0 Å². The molecule has 0 amide bonds. The van der Waals surface area contributed by atoms with Crippen molar-refractivity contribution in [2.45, 2.75) is 25.6 Å². The van der Waals surface area contributed by atoms with Crippen molar-refractivity contribution in [2.75, 3.05) is 0 Å². The molecule has 0 heterocycles. The van der Waals surface area contributed by atoms with Gasteiger partial charge in [0.05, 0.1) is 5.56 Å². The van der Waals surface area contributed by atoms with E-state index in [0.717, 1.165) is 27.7 Å². The molecular weight excluding hydrogens is 343 g/mol. The monoisotopic (exact) mass is 357 g/mol.